The monoisotopic (exact) mass is 371 g/mol. The number of benzene rings is 2. The van der Waals surface area contributed by atoms with Crippen LogP contribution in [0, 0.1) is 0 Å². The van der Waals surface area contributed by atoms with Gasteiger partial charge in [-0.3, -0.25) is 4.99 Å². The SMILES string of the molecule is CCN=C1C=CC(=C(c2ccc(CNC)cc2)c2ccc(N(C)C)cc2)C=C1. The molecule has 0 spiro atoms. The molecule has 144 valence electrons. The normalized spacial score (nSPS) is 13.0. The standard InChI is InChI=1S/C25H29N3/c1-5-27-23-14-10-21(11-15-23)25(20-8-6-19(7-9-20)18-26-2)22-12-16-24(17-13-22)28(3)4/h6-17,26H,5,18H2,1-4H3. The maximum absolute atomic E-state index is 4.49. The van der Waals surface area contributed by atoms with E-state index in [1.165, 1.54) is 33.5 Å². The third-order valence-corrected chi connectivity index (χ3v) is 4.79. The highest BCUT2D eigenvalue weighted by Gasteiger charge is 2.12. The van der Waals surface area contributed by atoms with Gasteiger partial charge in [0.05, 0.1) is 5.71 Å². The molecular weight excluding hydrogens is 342 g/mol. The molecule has 2 aromatic rings. The molecule has 1 N–H and O–H groups in total. The van der Waals surface area contributed by atoms with Gasteiger partial charge >= 0.3 is 0 Å². The third kappa shape index (κ3) is 4.68. The summed E-state index contributed by atoms with van der Waals surface area (Å²) in [6.45, 7) is 3.74. The van der Waals surface area contributed by atoms with Crippen LogP contribution in [0.2, 0.25) is 0 Å². The second kappa shape index (κ2) is 9.34. The fourth-order valence-corrected chi connectivity index (χ4v) is 3.34. The Bertz CT molecular complexity index is 893. The average molecular weight is 372 g/mol. The largest absolute Gasteiger partial charge is 0.378 e. The summed E-state index contributed by atoms with van der Waals surface area (Å²) in [6, 6.07) is 17.6. The molecule has 3 rings (SSSR count). The fraction of sp³-hybridized carbons (Fsp3) is 0.240. The van der Waals surface area contributed by atoms with Crippen LogP contribution in [0.25, 0.3) is 5.57 Å². The van der Waals surface area contributed by atoms with E-state index in [1.807, 2.05) is 7.05 Å². The smallest absolute Gasteiger partial charge is 0.0574 e. The lowest BCUT2D eigenvalue weighted by Gasteiger charge is -2.17. The zero-order valence-corrected chi connectivity index (χ0v) is 17.2. The predicted molar refractivity (Wildman–Crippen MR) is 122 cm³/mol. The first-order valence-corrected chi connectivity index (χ1v) is 9.79. The van der Waals surface area contributed by atoms with E-state index in [2.05, 4.69) is 109 Å². The quantitative estimate of drug-likeness (QED) is 0.785. The summed E-state index contributed by atoms with van der Waals surface area (Å²) < 4.78 is 0. The van der Waals surface area contributed by atoms with Crippen molar-refractivity contribution in [2.75, 3.05) is 32.6 Å². The molecule has 3 heteroatoms. The van der Waals surface area contributed by atoms with Crippen molar-refractivity contribution in [2.24, 2.45) is 4.99 Å². The van der Waals surface area contributed by atoms with E-state index < -0.39 is 0 Å². The molecule has 0 aliphatic heterocycles. The Morgan fingerprint density at radius 2 is 1.43 bits per heavy atom. The molecule has 28 heavy (non-hydrogen) atoms. The Balaban J connectivity index is 2.07. The maximum Gasteiger partial charge on any atom is 0.0574 e. The zero-order chi connectivity index (χ0) is 19.9. The Morgan fingerprint density at radius 3 is 1.93 bits per heavy atom. The van der Waals surface area contributed by atoms with Gasteiger partial charge in [0.15, 0.2) is 0 Å². The summed E-state index contributed by atoms with van der Waals surface area (Å²) in [5, 5.41) is 3.21. The molecule has 1 aliphatic carbocycles. The summed E-state index contributed by atoms with van der Waals surface area (Å²) in [7, 11) is 6.10. The third-order valence-electron chi connectivity index (χ3n) is 4.79. The second-order valence-electron chi connectivity index (χ2n) is 7.06. The number of hydrogen-bond acceptors (Lipinski definition) is 3. The predicted octanol–water partition coefficient (Wildman–Crippen LogP) is 4.86. The number of rotatable bonds is 6. The van der Waals surface area contributed by atoms with E-state index in [0.29, 0.717) is 0 Å². The van der Waals surface area contributed by atoms with Gasteiger partial charge in [0.1, 0.15) is 0 Å². The Kier molecular flexibility index (Phi) is 6.62. The molecule has 0 amide bonds. The minimum absolute atomic E-state index is 0.800. The highest BCUT2D eigenvalue weighted by molar-refractivity contribution is 6.07. The van der Waals surface area contributed by atoms with Crippen molar-refractivity contribution < 1.29 is 0 Å². The molecule has 1 aliphatic rings. The summed E-state index contributed by atoms with van der Waals surface area (Å²) in [5.74, 6) is 0. The molecule has 0 heterocycles. The molecule has 3 nitrogen and oxygen atoms in total. The van der Waals surface area contributed by atoms with Crippen LogP contribution in [0.4, 0.5) is 5.69 Å². The van der Waals surface area contributed by atoms with Crippen LogP contribution in [0.3, 0.4) is 0 Å². The number of hydrogen-bond donors (Lipinski definition) is 1. The molecule has 0 fully saturated rings. The first kappa shape index (κ1) is 19.8. The molecule has 0 saturated carbocycles. The topological polar surface area (TPSA) is 27.6 Å². The van der Waals surface area contributed by atoms with Crippen molar-refractivity contribution in [1.29, 1.82) is 0 Å². The van der Waals surface area contributed by atoms with E-state index in [1.54, 1.807) is 0 Å². The van der Waals surface area contributed by atoms with Crippen LogP contribution in [0.15, 0.2) is 83.4 Å². The highest BCUT2D eigenvalue weighted by atomic mass is 15.1. The number of nitrogens with zero attached hydrogens (tertiary/aromatic N) is 2. The number of aliphatic imine (C=N–C) groups is 1. The van der Waals surface area contributed by atoms with Crippen molar-refractivity contribution in [3.63, 3.8) is 0 Å². The van der Waals surface area contributed by atoms with Crippen LogP contribution in [-0.2, 0) is 6.54 Å². The molecule has 0 saturated heterocycles. The lowest BCUT2D eigenvalue weighted by atomic mass is 9.90. The van der Waals surface area contributed by atoms with Crippen molar-refractivity contribution >= 4 is 17.0 Å². The van der Waals surface area contributed by atoms with Crippen molar-refractivity contribution in [1.82, 2.24) is 5.32 Å². The van der Waals surface area contributed by atoms with Gasteiger partial charge in [-0.25, -0.2) is 0 Å². The van der Waals surface area contributed by atoms with Gasteiger partial charge in [-0.2, -0.15) is 0 Å². The lowest BCUT2D eigenvalue weighted by Crippen LogP contribution is -2.08. The first-order chi connectivity index (χ1) is 13.6. The highest BCUT2D eigenvalue weighted by Crippen LogP contribution is 2.31. The molecule has 0 unspecified atom stereocenters. The van der Waals surface area contributed by atoms with Gasteiger partial charge < -0.3 is 10.2 Å². The van der Waals surface area contributed by atoms with Crippen molar-refractivity contribution in [2.45, 2.75) is 13.5 Å². The molecule has 2 aromatic carbocycles. The van der Waals surface area contributed by atoms with Crippen LogP contribution in [-0.4, -0.2) is 33.4 Å². The minimum atomic E-state index is 0.800. The number of anilines is 1. The molecular formula is C25H29N3. The second-order valence-corrected chi connectivity index (χ2v) is 7.06. The molecule has 0 aromatic heterocycles. The van der Waals surface area contributed by atoms with Gasteiger partial charge in [-0.1, -0.05) is 48.6 Å². The van der Waals surface area contributed by atoms with Gasteiger partial charge in [0, 0.05) is 32.9 Å². The van der Waals surface area contributed by atoms with Crippen LogP contribution in [0.1, 0.15) is 23.6 Å². The minimum Gasteiger partial charge on any atom is -0.378 e. The maximum atomic E-state index is 4.49. The zero-order valence-electron chi connectivity index (χ0n) is 17.2. The number of nitrogens with one attached hydrogen (secondary N) is 1. The van der Waals surface area contributed by atoms with Crippen molar-refractivity contribution in [3.8, 4) is 0 Å². The molecule has 0 bridgehead atoms. The first-order valence-electron chi connectivity index (χ1n) is 9.79. The van der Waals surface area contributed by atoms with Crippen LogP contribution < -0.4 is 10.2 Å². The summed E-state index contributed by atoms with van der Waals surface area (Å²) in [4.78, 5) is 6.62. The van der Waals surface area contributed by atoms with Crippen LogP contribution in [0.5, 0.6) is 0 Å². The summed E-state index contributed by atoms with van der Waals surface area (Å²) >= 11 is 0. The van der Waals surface area contributed by atoms with Gasteiger partial charge in [0.2, 0.25) is 0 Å². The number of allylic oxidation sites excluding steroid dienone is 5. The molecule has 0 atom stereocenters. The fourth-order valence-electron chi connectivity index (χ4n) is 3.34. The Morgan fingerprint density at radius 1 is 0.857 bits per heavy atom. The lowest BCUT2D eigenvalue weighted by molar-refractivity contribution is 0.818. The summed E-state index contributed by atoms with van der Waals surface area (Å²) in [5.41, 5.74) is 8.39. The molecule has 0 radical (unpaired) electrons. The van der Waals surface area contributed by atoms with Gasteiger partial charge in [-0.15, -0.1) is 0 Å². The van der Waals surface area contributed by atoms with E-state index in [4.69, 9.17) is 0 Å². The van der Waals surface area contributed by atoms with E-state index in [-0.39, 0.29) is 0 Å². The Labute approximate surface area is 168 Å². The summed E-state index contributed by atoms with van der Waals surface area (Å²) in [6.07, 6.45) is 8.54. The van der Waals surface area contributed by atoms with Crippen molar-refractivity contribution in [3.05, 3.63) is 95.1 Å². The van der Waals surface area contributed by atoms with E-state index >= 15 is 0 Å². The van der Waals surface area contributed by atoms with Crippen LogP contribution >= 0.6 is 0 Å². The Hall–Kier alpha value is -2.91. The van der Waals surface area contributed by atoms with E-state index in [0.717, 1.165) is 18.8 Å². The van der Waals surface area contributed by atoms with Gasteiger partial charge in [0.25, 0.3) is 0 Å². The average Bonchev–Trinajstić information content (AvgIpc) is 2.72. The van der Waals surface area contributed by atoms with Gasteiger partial charge in [-0.05, 0) is 66.1 Å². The van der Waals surface area contributed by atoms with E-state index in [9.17, 15) is 0 Å².